The Balaban J connectivity index is 2.09. The van der Waals surface area contributed by atoms with Crippen molar-refractivity contribution in [1.82, 2.24) is 14.8 Å². The molecule has 136 valence electrons. The van der Waals surface area contributed by atoms with Gasteiger partial charge in [-0.1, -0.05) is 25.4 Å². The monoisotopic (exact) mass is 374 g/mol. The van der Waals surface area contributed by atoms with Gasteiger partial charge in [0.25, 0.3) is 5.91 Å². The van der Waals surface area contributed by atoms with E-state index < -0.39 is 11.7 Å². The molecule has 0 atom stereocenters. The Kier molecular flexibility index (Phi) is 4.96. The highest BCUT2D eigenvalue weighted by molar-refractivity contribution is 6.30. The molecular weight excluding hydrogens is 355 g/mol. The lowest BCUT2D eigenvalue weighted by atomic mass is 10.0. The lowest BCUT2D eigenvalue weighted by Crippen LogP contribution is -2.15. The standard InChI is InChI=1S/C19H20ClFN4O/c1-10(2)17-8-13(14-9-22-25(11(3)4)18(14)23-17)19(26)24-16-6-5-12(20)7-15(16)21/h5-11H,1-4H3,(H,24,26). The third kappa shape index (κ3) is 3.42. The summed E-state index contributed by atoms with van der Waals surface area (Å²) >= 11 is 5.76. The summed E-state index contributed by atoms with van der Waals surface area (Å²) in [5.74, 6) is -0.865. The summed E-state index contributed by atoms with van der Waals surface area (Å²) in [6.07, 6.45) is 1.62. The van der Waals surface area contributed by atoms with Crippen molar-refractivity contribution in [3.63, 3.8) is 0 Å². The molecule has 0 unspecified atom stereocenters. The minimum Gasteiger partial charge on any atom is -0.319 e. The fourth-order valence-corrected chi connectivity index (χ4v) is 2.84. The number of halogens is 2. The molecule has 7 heteroatoms. The predicted molar refractivity (Wildman–Crippen MR) is 101 cm³/mol. The fraction of sp³-hybridized carbons (Fsp3) is 0.316. The van der Waals surface area contributed by atoms with Crippen LogP contribution in [-0.4, -0.2) is 20.7 Å². The highest BCUT2D eigenvalue weighted by atomic mass is 35.5. The van der Waals surface area contributed by atoms with E-state index in [1.54, 1.807) is 16.9 Å². The third-order valence-electron chi connectivity index (χ3n) is 4.09. The van der Waals surface area contributed by atoms with Gasteiger partial charge in [-0.2, -0.15) is 5.10 Å². The number of fused-ring (bicyclic) bond motifs is 1. The van der Waals surface area contributed by atoms with Gasteiger partial charge in [0.2, 0.25) is 0 Å². The van der Waals surface area contributed by atoms with Crippen molar-refractivity contribution in [1.29, 1.82) is 0 Å². The van der Waals surface area contributed by atoms with Crippen LogP contribution in [0.15, 0.2) is 30.5 Å². The molecule has 1 amide bonds. The van der Waals surface area contributed by atoms with Crippen LogP contribution in [0.25, 0.3) is 11.0 Å². The zero-order valence-corrected chi connectivity index (χ0v) is 15.8. The zero-order valence-electron chi connectivity index (χ0n) is 15.0. The number of rotatable bonds is 4. The first-order valence-corrected chi connectivity index (χ1v) is 8.80. The molecule has 0 aliphatic heterocycles. The van der Waals surface area contributed by atoms with Crippen LogP contribution in [0.4, 0.5) is 10.1 Å². The highest BCUT2D eigenvalue weighted by Gasteiger charge is 2.19. The van der Waals surface area contributed by atoms with Crippen LogP contribution < -0.4 is 5.32 Å². The van der Waals surface area contributed by atoms with Crippen LogP contribution in [0.5, 0.6) is 0 Å². The molecule has 26 heavy (non-hydrogen) atoms. The van der Waals surface area contributed by atoms with Gasteiger partial charge in [0, 0.05) is 16.8 Å². The van der Waals surface area contributed by atoms with Crippen LogP contribution >= 0.6 is 11.6 Å². The molecule has 0 bridgehead atoms. The van der Waals surface area contributed by atoms with E-state index in [1.165, 1.54) is 12.1 Å². The van der Waals surface area contributed by atoms with Gasteiger partial charge in [-0.25, -0.2) is 14.1 Å². The van der Waals surface area contributed by atoms with E-state index in [2.05, 4.69) is 15.4 Å². The van der Waals surface area contributed by atoms with Crippen molar-refractivity contribution < 1.29 is 9.18 Å². The summed E-state index contributed by atoms with van der Waals surface area (Å²) in [6.45, 7) is 8.01. The van der Waals surface area contributed by atoms with Crippen molar-refractivity contribution in [3.05, 3.63) is 52.6 Å². The lowest BCUT2D eigenvalue weighted by molar-refractivity contribution is 0.102. The Bertz CT molecular complexity index is 981. The molecule has 0 aliphatic rings. The number of aromatic nitrogens is 3. The van der Waals surface area contributed by atoms with E-state index in [4.69, 9.17) is 11.6 Å². The predicted octanol–water partition coefficient (Wildman–Crippen LogP) is 5.18. The normalized spacial score (nSPS) is 11.5. The first-order valence-electron chi connectivity index (χ1n) is 8.42. The number of carbonyl (C=O) groups is 1. The van der Waals surface area contributed by atoms with E-state index in [9.17, 15) is 9.18 Å². The second-order valence-corrected chi connectivity index (χ2v) is 7.18. The van der Waals surface area contributed by atoms with E-state index in [0.29, 0.717) is 16.6 Å². The van der Waals surface area contributed by atoms with Crippen molar-refractivity contribution in [2.24, 2.45) is 0 Å². The van der Waals surface area contributed by atoms with E-state index in [1.807, 2.05) is 27.7 Å². The molecular formula is C19H20ClFN4O. The maximum Gasteiger partial charge on any atom is 0.256 e. The maximum atomic E-state index is 14.0. The Morgan fingerprint density at radius 1 is 1.23 bits per heavy atom. The van der Waals surface area contributed by atoms with Gasteiger partial charge in [0.15, 0.2) is 5.65 Å². The first kappa shape index (κ1) is 18.3. The third-order valence-corrected chi connectivity index (χ3v) is 4.33. The van der Waals surface area contributed by atoms with Crippen molar-refractivity contribution in [3.8, 4) is 0 Å². The molecule has 0 saturated heterocycles. The fourth-order valence-electron chi connectivity index (χ4n) is 2.68. The van der Waals surface area contributed by atoms with Crippen LogP contribution in [0.2, 0.25) is 5.02 Å². The summed E-state index contributed by atoms with van der Waals surface area (Å²) in [6, 6.07) is 5.97. The Hall–Kier alpha value is -2.47. The summed E-state index contributed by atoms with van der Waals surface area (Å²) < 4.78 is 15.8. The van der Waals surface area contributed by atoms with Gasteiger partial charge < -0.3 is 5.32 Å². The van der Waals surface area contributed by atoms with E-state index >= 15 is 0 Å². The minimum absolute atomic E-state index is 0.0757. The smallest absolute Gasteiger partial charge is 0.256 e. The molecule has 0 aliphatic carbocycles. The van der Waals surface area contributed by atoms with E-state index in [-0.39, 0.29) is 22.7 Å². The highest BCUT2D eigenvalue weighted by Crippen LogP contribution is 2.26. The SMILES string of the molecule is CC(C)c1cc(C(=O)Nc2ccc(Cl)cc2F)c2cnn(C(C)C)c2n1. The van der Waals surface area contributed by atoms with Gasteiger partial charge in [0.1, 0.15) is 5.82 Å². The van der Waals surface area contributed by atoms with Crippen LogP contribution in [0, 0.1) is 5.82 Å². The number of benzene rings is 1. The van der Waals surface area contributed by atoms with Gasteiger partial charge >= 0.3 is 0 Å². The van der Waals surface area contributed by atoms with E-state index in [0.717, 1.165) is 11.8 Å². The van der Waals surface area contributed by atoms with Crippen molar-refractivity contribution in [2.45, 2.75) is 39.7 Å². The molecule has 3 aromatic rings. The van der Waals surface area contributed by atoms with Gasteiger partial charge in [0.05, 0.1) is 22.8 Å². The molecule has 0 radical (unpaired) electrons. The Morgan fingerprint density at radius 3 is 2.58 bits per heavy atom. The second-order valence-electron chi connectivity index (χ2n) is 6.75. The molecule has 0 spiro atoms. The summed E-state index contributed by atoms with van der Waals surface area (Å²) in [7, 11) is 0. The lowest BCUT2D eigenvalue weighted by Gasteiger charge is -2.12. The number of nitrogens with zero attached hydrogens (tertiary/aromatic N) is 3. The molecule has 1 aromatic carbocycles. The molecule has 3 rings (SSSR count). The van der Waals surface area contributed by atoms with Crippen LogP contribution in [0.1, 0.15) is 55.7 Å². The van der Waals surface area contributed by atoms with Crippen molar-refractivity contribution in [2.75, 3.05) is 5.32 Å². The number of amides is 1. The average Bonchev–Trinajstić information content (AvgIpc) is 3.00. The second kappa shape index (κ2) is 7.03. The molecule has 5 nitrogen and oxygen atoms in total. The molecule has 0 saturated carbocycles. The number of anilines is 1. The largest absolute Gasteiger partial charge is 0.319 e. The van der Waals surface area contributed by atoms with Crippen LogP contribution in [0.3, 0.4) is 0 Å². The molecule has 1 N–H and O–H groups in total. The molecule has 2 heterocycles. The average molecular weight is 375 g/mol. The number of pyridine rings is 1. The zero-order chi connectivity index (χ0) is 19.0. The summed E-state index contributed by atoms with van der Waals surface area (Å²) in [5.41, 5.74) is 1.92. The van der Waals surface area contributed by atoms with Crippen LogP contribution in [-0.2, 0) is 0 Å². The van der Waals surface area contributed by atoms with Gasteiger partial charge in [-0.15, -0.1) is 0 Å². The summed E-state index contributed by atoms with van der Waals surface area (Å²) in [5, 5.41) is 7.87. The number of carbonyl (C=O) groups excluding carboxylic acids is 1. The van der Waals surface area contributed by atoms with Gasteiger partial charge in [-0.3, -0.25) is 4.79 Å². The quantitative estimate of drug-likeness (QED) is 0.684. The van der Waals surface area contributed by atoms with Crippen molar-refractivity contribution >= 4 is 34.2 Å². The first-order chi connectivity index (χ1) is 12.3. The maximum absolute atomic E-state index is 14.0. The van der Waals surface area contributed by atoms with Gasteiger partial charge in [-0.05, 0) is 44.0 Å². The number of hydrogen-bond donors (Lipinski definition) is 1. The minimum atomic E-state index is -0.585. The Labute approximate surface area is 156 Å². The topological polar surface area (TPSA) is 59.8 Å². The Morgan fingerprint density at radius 2 is 1.96 bits per heavy atom. The summed E-state index contributed by atoms with van der Waals surface area (Å²) in [4.78, 5) is 17.5. The number of nitrogens with one attached hydrogen (secondary N) is 1. The number of hydrogen-bond acceptors (Lipinski definition) is 3. The molecule has 2 aromatic heterocycles. The molecule has 0 fully saturated rings.